The average molecular weight is 431 g/mol. The molecule has 31 heavy (non-hydrogen) atoms. The van der Waals surface area contributed by atoms with Gasteiger partial charge in [0.1, 0.15) is 11.7 Å². The Morgan fingerprint density at radius 3 is 2.32 bits per heavy atom. The Morgan fingerprint density at radius 2 is 1.65 bits per heavy atom. The number of hydrogen-bond acceptors (Lipinski definition) is 3. The van der Waals surface area contributed by atoms with Gasteiger partial charge in [-0.15, -0.1) is 0 Å². The molecule has 4 aliphatic carbocycles. The lowest BCUT2D eigenvalue weighted by Gasteiger charge is -2.62. The molecular formula is C28H46O3. The van der Waals surface area contributed by atoms with Crippen LogP contribution in [0, 0.1) is 46.3 Å². The smallest absolute Gasteiger partial charge is 0.102 e. The van der Waals surface area contributed by atoms with Crippen LogP contribution in [0.15, 0.2) is 23.8 Å². The molecule has 0 radical (unpaired) electrons. The summed E-state index contributed by atoms with van der Waals surface area (Å²) in [4.78, 5) is 0. The monoisotopic (exact) mass is 430 g/mol. The Hall–Kier alpha value is -0.640. The van der Waals surface area contributed by atoms with E-state index in [-0.39, 0.29) is 10.8 Å². The number of aliphatic hydroxyl groups is 3. The zero-order chi connectivity index (χ0) is 22.8. The molecule has 0 bridgehead atoms. The first-order valence-electron chi connectivity index (χ1n) is 12.9. The minimum atomic E-state index is -1.20. The van der Waals surface area contributed by atoms with Gasteiger partial charge in [-0.05, 0) is 79.4 Å². The van der Waals surface area contributed by atoms with Crippen molar-refractivity contribution in [2.24, 2.45) is 46.3 Å². The van der Waals surface area contributed by atoms with Crippen molar-refractivity contribution in [3.8, 4) is 0 Å². The molecule has 176 valence electrons. The van der Waals surface area contributed by atoms with E-state index in [4.69, 9.17) is 0 Å². The Balaban J connectivity index is 1.61. The minimum absolute atomic E-state index is 0.271. The summed E-state index contributed by atoms with van der Waals surface area (Å²) in [6, 6.07) is 0. The second-order valence-corrected chi connectivity index (χ2v) is 12.5. The average Bonchev–Trinajstić information content (AvgIpc) is 3.05. The lowest BCUT2D eigenvalue weighted by molar-refractivity contribution is -0.210. The van der Waals surface area contributed by atoms with Crippen LogP contribution >= 0.6 is 0 Å². The maximum atomic E-state index is 11.6. The van der Waals surface area contributed by atoms with E-state index in [1.54, 1.807) is 0 Å². The van der Waals surface area contributed by atoms with Gasteiger partial charge in [-0.2, -0.15) is 0 Å². The molecule has 0 aliphatic heterocycles. The van der Waals surface area contributed by atoms with Crippen LogP contribution < -0.4 is 0 Å². The normalized spacial score (nSPS) is 49.4. The van der Waals surface area contributed by atoms with E-state index in [0.717, 1.165) is 19.3 Å². The van der Waals surface area contributed by atoms with Gasteiger partial charge in [-0.25, -0.2) is 0 Å². The van der Waals surface area contributed by atoms with Crippen LogP contribution in [0.2, 0.25) is 0 Å². The number of rotatable bonds is 4. The Morgan fingerprint density at radius 1 is 0.935 bits per heavy atom. The van der Waals surface area contributed by atoms with Crippen molar-refractivity contribution in [2.45, 2.75) is 104 Å². The molecule has 3 saturated carbocycles. The van der Waals surface area contributed by atoms with Crippen LogP contribution in [-0.2, 0) is 0 Å². The molecule has 0 saturated heterocycles. The molecule has 3 N–H and O–H groups in total. The van der Waals surface area contributed by atoms with Gasteiger partial charge in [0.15, 0.2) is 0 Å². The highest BCUT2D eigenvalue weighted by Crippen LogP contribution is 2.67. The van der Waals surface area contributed by atoms with Crippen LogP contribution in [0.1, 0.15) is 86.5 Å². The van der Waals surface area contributed by atoms with Crippen molar-refractivity contribution >= 4 is 0 Å². The van der Waals surface area contributed by atoms with Gasteiger partial charge in [0.2, 0.25) is 0 Å². The van der Waals surface area contributed by atoms with E-state index in [1.807, 2.05) is 6.08 Å². The summed E-state index contributed by atoms with van der Waals surface area (Å²) in [7, 11) is 0. The zero-order valence-electron chi connectivity index (χ0n) is 20.6. The van der Waals surface area contributed by atoms with Crippen molar-refractivity contribution in [2.75, 3.05) is 0 Å². The molecule has 0 spiro atoms. The molecule has 0 unspecified atom stereocenters. The second kappa shape index (κ2) is 7.99. The summed E-state index contributed by atoms with van der Waals surface area (Å²) in [5.74, 6) is 3.37. The third-order valence-corrected chi connectivity index (χ3v) is 10.7. The van der Waals surface area contributed by atoms with E-state index < -0.39 is 17.8 Å². The molecule has 0 aromatic carbocycles. The number of hydrogen-bond donors (Lipinski definition) is 3. The van der Waals surface area contributed by atoms with E-state index in [0.29, 0.717) is 41.9 Å². The molecule has 3 nitrogen and oxygen atoms in total. The Bertz CT molecular complexity index is 741. The molecule has 0 amide bonds. The van der Waals surface area contributed by atoms with Gasteiger partial charge in [-0.3, -0.25) is 0 Å². The summed E-state index contributed by atoms with van der Waals surface area (Å²) in [6.07, 6.45) is 12.1. The highest BCUT2D eigenvalue weighted by molar-refractivity contribution is 5.33. The summed E-state index contributed by atoms with van der Waals surface area (Å²) in [6.45, 7) is 14.0. The van der Waals surface area contributed by atoms with Crippen LogP contribution in [0.3, 0.4) is 0 Å². The topological polar surface area (TPSA) is 60.7 Å². The second-order valence-electron chi connectivity index (χ2n) is 12.5. The van der Waals surface area contributed by atoms with Gasteiger partial charge < -0.3 is 15.3 Å². The first-order valence-corrected chi connectivity index (χ1v) is 12.9. The van der Waals surface area contributed by atoms with Crippen molar-refractivity contribution in [3.63, 3.8) is 0 Å². The molecule has 3 fully saturated rings. The van der Waals surface area contributed by atoms with Crippen molar-refractivity contribution in [1.29, 1.82) is 0 Å². The quantitative estimate of drug-likeness (QED) is 0.516. The third kappa shape index (κ3) is 3.49. The minimum Gasteiger partial charge on any atom is -0.393 e. The summed E-state index contributed by atoms with van der Waals surface area (Å²) in [5, 5.41) is 32.9. The van der Waals surface area contributed by atoms with Gasteiger partial charge >= 0.3 is 0 Å². The van der Waals surface area contributed by atoms with Crippen LogP contribution in [0.4, 0.5) is 0 Å². The highest BCUT2D eigenvalue weighted by atomic mass is 16.3. The summed E-state index contributed by atoms with van der Waals surface area (Å²) in [5.41, 5.74) is 0.160. The first kappa shape index (κ1) is 23.5. The van der Waals surface area contributed by atoms with Crippen LogP contribution in [0.25, 0.3) is 0 Å². The van der Waals surface area contributed by atoms with Crippen LogP contribution in [0.5, 0.6) is 0 Å². The van der Waals surface area contributed by atoms with E-state index in [1.165, 1.54) is 24.8 Å². The molecule has 0 aromatic heterocycles. The lowest BCUT2D eigenvalue weighted by Crippen LogP contribution is -2.65. The fourth-order valence-electron chi connectivity index (χ4n) is 8.16. The summed E-state index contributed by atoms with van der Waals surface area (Å²) < 4.78 is 0. The summed E-state index contributed by atoms with van der Waals surface area (Å²) >= 11 is 0. The number of fused-ring (bicyclic) bond motifs is 5. The van der Waals surface area contributed by atoms with Gasteiger partial charge in [-0.1, -0.05) is 65.3 Å². The first-order chi connectivity index (χ1) is 14.4. The Kier molecular flexibility index (Phi) is 6.06. The fourth-order valence-corrected chi connectivity index (χ4v) is 8.16. The van der Waals surface area contributed by atoms with E-state index in [2.05, 4.69) is 53.7 Å². The van der Waals surface area contributed by atoms with E-state index >= 15 is 0 Å². The van der Waals surface area contributed by atoms with Crippen molar-refractivity contribution in [3.05, 3.63) is 23.8 Å². The highest BCUT2D eigenvalue weighted by Gasteiger charge is 2.64. The maximum Gasteiger partial charge on any atom is 0.102 e. The van der Waals surface area contributed by atoms with Gasteiger partial charge in [0.25, 0.3) is 0 Å². The van der Waals surface area contributed by atoms with Crippen molar-refractivity contribution < 1.29 is 15.3 Å². The molecule has 10 atom stereocenters. The predicted molar refractivity (Wildman–Crippen MR) is 126 cm³/mol. The fraction of sp³-hybridized carbons (Fsp3) is 0.857. The molecular weight excluding hydrogens is 384 g/mol. The maximum absolute atomic E-state index is 11.6. The van der Waals surface area contributed by atoms with Crippen molar-refractivity contribution in [1.82, 2.24) is 0 Å². The predicted octanol–water partition coefficient (Wildman–Crippen LogP) is 5.50. The zero-order valence-corrected chi connectivity index (χ0v) is 20.6. The largest absolute Gasteiger partial charge is 0.393 e. The van der Waals surface area contributed by atoms with Crippen LogP contribution in [-0.4, -0.2) is 33.1 Å². The third-order valence-electron chi connectivity index (χ3n) is 10.7. The molecule has 4 aliphatic rings. The molecule has 0 heterocycles. The molecule has 4 rings (SSSR count). The Labute approximate surface area is 190 Å². The molecule has 3 heteroatoms. The van der Waals surface area contributed by atoms with Gasteiger partial charge in [0, 0.05) is 11.8 Å². The van der Waals surface area contributed by atoms with E-state index in [9.17, 15) is 15.3 Å². The molecule has 0 aromatic rings. The SMILES string of the molecule is CC(C)[C@@H](C)/C=C/[C@H](C)[C@H]1CC[C@@H]2C3=C[C@H](O)[C@@]4(O)C[C@@H](O)CC[C@@]4(C)[C@@H]3CC[C@@]21C. The standard InChI is InChI=1S/C28H46O3/c1-17(2)18(3)7-8-19(4)22-9-10-23-21-15-25(30)28(31)16-20(29)11-14-27(28,6)24(21)12-13-26(22,23)5/h7-8,15,17-20,22-25,29-31H,9-14,16H2,1-6H3/b8-7+/t18-,19-,20-,22+,23+,24+,25-,26+,27-,28-/m0/s1. The number of allylic oxidation sites excluding steroid dienone is 3. The van der Waals surface area contributed by atoms with Gasteiger partial charge in [0.05, 0.1) is 6.10 Å². The lowest BCUT2D eigenvalue weighted by atomic mass is 9.45. The number of aliphatic hydroxyl groups excluding tert-OH is 2.